The fourth-order valence-electron chi connectivity index (χ4n) is 6.88. The molecule has 9 rings (SSSR count). The van der Waals surface area contributed by atoms with Crippen molar-refractivity contribution < 1.29 is 0 Å². The van der Waals surface area contributed by atoms with E-state index >= 15 is 0 Å². The Bertz CT molecular complexity index is 2360. The largest absolute Gasteiger partial charge is 0.354 e. The lowest BCUT2D eigenvalue weighted by Gasteiger charge is -2.07. The van der Waals surface area contributed by atoms with E-state index in [1.54, 1.807) is 0 Å². The Kier molecular flexibility index (Phi) is 7.51. The molecule has 0 fully saturated rings. The van der Waals surface area contributed by atoms with Gasteiger partial charge in [-0.3, -0.25) is 19.9 Å². The molecular weight excluding hydrogens is 641 g/mol. The number of aromatic amines is 2. The molecular formula is C44H34N8. The topological polar surface area (TPSA) is 109 Å². The number of hydrogen-bond donors (Lipinski definition) is 2. The van der Waals surface area contributed by atoms with Crippen LogP contribution in [-0.4, -0.2) is 39.9 Å². The second-order valence-corrected chi connectivity index (χ2v) is 13.3. The molecule has 0 aliphatic carbocycles. The van der Waals surface area contributed by atoms with Gasteiger partial charge in [0.1, 0.15) is 0 Å². The Morgan fingerprint density at radius 3 is 0.788 bits per heavy atom. The minimum atomic E-state index is 0.829. The molecule has 9 heterocycles. The molecule has 0 aromatic carbocycles. The summed E-state index contributed by atoms with van der Waals surface area (Å²) < 4.78 is 0. The number of aromatic nitrogens is 8. The Morgan fingerprint density at radius 1 is 0.327 bits per heavy atom. The van der Waals surface area contributed by atoms with Crippen molar-refractivity contribution in [3.63, 3.8) is 0 Å². The zero-order chi connectivity index (χ0) is 35.3. The first-order valence-corrected chi connectivity index (χ1v) is 17.3. The molecule has 8 nitrogen and oxygen atoms in total. The van der Waals surface area contributed by atoms with Crippen molar-refractivity contribution >= 4 is 46.4 Å². The molecule has 2 aliphatic heterocycles. The molecule has 2 aliphatic rings. The summed E-state index contributed by atoms with van der Waals surface area (Å²) in [5.74, 6) is 0. The third kappa shape index (κ3) is 5.60. The quantitative estimate of drug-likeness (QED) is 0.192. The van der Waals surface area contributed by atoms with Crippen LogP contribution in [0.4, 0.5) is 0 Å². The van der Waals surface area contributed by atoms with Gasteiger partial charge in [0.2, 0.25) is 0 Å². The van der Waals surface area contributed by atoms with Crippen molar-refractivity contribution in [1.29, 1.82) is 0 Å². The van der Waals surface area contributed by atoms with Crippen molar-refractivity contribution in [2.45, 2.75) is 27.7 Å². The first-order valence-electron chi connectivity index (χ1n) is 17.3. The van der Waals surface area contributed by atoms with Crippen molar-refractivity contribution in [3.8, 4) is 44.5 Å². The SMILES string of the molecule is Cc1ccc(-c2c3nc(c(-c4ccc(C)nc4)c4ccc([nH]4)c(-c4ccc(C)nc4)c4nc(c(-c5ccc(C)nc5)c5ccc2[nH]5)C=C4)C=C3)cn1. The van der Waals surface area contributed by atoms with Crippen molar-refractivity contribution in [3.05, 3.63) is 143 Å². The molecule has 7 aromatic rings. The van der Waals surface area contributed by atoms with Crippen LogP contribution in [-0.2, 0) is 0 Å². The summed E-state index contributed by atoms with van der Waals surface area (Å²) in [6.07, 6.45) is 16.0. The third-order valence-electron chi connectivity index (χ3n) is 9.55. The number of hydrogen-bond acceptors (Lipinski definition) is 6. The average Bonchev–Trinajstić information content (AvgIpc) is 3.99. The predicted molar refractivity (Wildman–Crippen MR) is 211 cm³/mol. The second-order valence-electron chi connectivity index (χ2n) is 13.3. The van der Waals surface area contributed by atoms with Crippen LogP contribution in [0.3, 0.4) is 0 Å². The maximum absolute atomic E-state index is 5.34. The van der Waals surface area contributed by atoms with Gasteiger partial charge in [-0.05, 0) is 101 Å². The molecule has 2 N–H and O–H groups in total. The van der Waals surface area contributed by atoms with Gasteiger partial charge in [0.05, 0.1) is 22.8 Å². The van der Waals surface area contributed by atoms with E-state index in [0.717, 1.165) is 112 Å². The monoisotopic (exact) mass is 674 g/mol. The molecule has 0 spiro atoms. The summed E-state index contributed by atoms with van der Waals surface area (Å²) in [6.45, 7) is 7.99. The van der Waals surface area contributed by atoms with Gasteiger partial charge in [-0.15, -0.1) is 0 Å². The lowest BCUT2D eigenvalue weighted by Crippen LogP contribution is -1.91. The summed E-state index contributed by atoms with van der Waals surface area (Å²) in [5.41, 5.74) is 18.4. The van der Waals surface area contributed by atoms with E-state index in [1.165, 1.54) is 0 Å². The van der Waals surface area contributed by atoms with Crippen LogP contribution in [0.2, 0.25) is 0 Å². The highest BCUT2D eigenvalue weighted by Gasteiger charge is 2.19. The Morgan fingerprint density at radius 2 is 0.577 bits per heavy atom. The molecule has 8 heteroatoms. The smallest absolute Gasteiger partial charge is 0.0737 e. The maximum Gasteiger partial charge on any atom is 0.0737 e. The van der Waals surface area contributed by atoms with Crippen LogP contribution in [0.1, 0.15) is 45.6 Å². The van der Waals surface area contributed by atoms with Crippen LogP contribution in [0.5, 0.6) is 0 Å². The van der Waals surface area contributed by atoms with E-state index in [1.807, 2.05) is 76.7 Å². The second kappa shape index (κ2) is 12.5. The molecule has 250 valence electrons. The van der Waals surface area contributed by atoms with Crippen LogP contribution in [0.15, 0.2) is 97.6 Å². The highest BCUT2D eigenvalue weighted by atomic mass is 14.8. The fraction of sp³-hybridized carbons (Fsp3) is 0.0909. The number of pyridine rings is 4. The van der Waals surface area contributed by atoms with Crippen molar-refractivity contribution in [2.24, 2.45) is 0 Å². The van der Waals surface area contributed by atoms with Gasteiger partial charge in [0, 0.05) is 114 Å². The van der Waals surface area contributed by atoms with Gasteiger partial charge in [-0.2, -0.15) is 0 Å². The lowest BCUT2D eigenvalue weighted by molar-refractivity contribution is 1.20. The summed E-state index contributed by atoms with van der Waals surface area (Å²) >= 11 is 0. The Hall–Kier alpha value is -6.80. The minimum absolute atomic E-state index is 0.829. The van der Waals surface area contributed by atoms with E-state index in [2.05, 4.69) is 103 Å². The molecule has 0 saturated heterocycles. The van der Waals surface area contributed by atoms with E-state index in [-0.39, 0.29) is 0 Å². The van der Waals surface area contributed by atoms with Crippen LogP contribution in [0, 0.1) is 27.7 Å². The van der Waals surface area contributed by atoms with Crippen LogP contribution < -0.4 is 0 Å². The maximum atomic E-state index is 5.34. The molecule has 52 heavy (non-hydrogen) atoms. The van der Waals surface area contributed by atoms with Gasteiger partial charge in [-0.25, -0.2) is 9.97 Å². The highest BCUT2D eigenvalue weighted by Crippen LogP contribution is 2.38. The standard InChI is InChI=1S/C44H34N8/c1-25-5-9-29(21-45-25)41-33-13-15-35(49-33)42(30-10-6-26(2)46-22-30)37-17-19-39(51-37)44(32-12-8-28(4)48-24-32)40-20-18-38(52-40)43(36-16-14-34(41)50-36)31-11-7-27(3)47-23-31/h5-24,49,52H,1-4H3. The third-order valence-corrected chi connectivity index (χ3v) is 9.55. The Balaban J connectivity index is 1.47. The van der Waals surface area contributed by atoms with E-state index in [0.29, 0.717) is 0 Å². The van der Waals surface area contributed by atoms with Gasteiger partial charge in [0.25, 0.3) is 0 Å². The van der Waals surface area contributed by atoms with Crippen LogP contribution >= 0.6 is 0 Å². The first-order chi connectivity index (χ1) is 25.4. The van der Waals surface area contributed by atoms with E-state index in [4.69, 9.17) is 9.97 Å². The van der Waals surface area contributed by atoms with Gasteiger partial charge in [0.15, 0.2) is 0 Å². The molecule has 8 bridgehead atoms. The van der Waals surface area contributed by atoms with Gasteiger partial charge < -0.3 is 9.97 Å². The predicted octanol–water partition coefficient (Wildman–Crippen LogP) is 10.1. The van der Waals surface area contributed by atoms with E-state index < -0.39 is 0 Å². The molecule has 7 aromatic heterocycles. The number of H-pyrrole nitrogens is 2. The van der Waals surface area contributed by atoms with Crippen molar-refractivity contribution in [1.82, 2.24) is 39.9 Å². The summed E-state index contributed by atoms with van der Waals surface area (Å²) in [5, 5.41) is 0. The summed E-state index contributed by atoms with van der Waals surface area (Å²) in [4.78, 5) is 36.9. The number of nitrogens with zero attached hydrogens (tertiary/aromatic N) is 6. The van der Waals surface area contributed by atoms with Gasteiger partial charge >= 0.3 is 0 Å². The molecule has 0 amide bonds. The Labute approximate surface area is 300 Å². The average molecular weight is 675 g/mol. The van der Waals surface area contributed by atoms with Gasteiger partial charge in [-0.1, -0.05) is 24.3 Å². The number of fused-ring (bicyclic) bond motifs is 8. The molecule has 0 radical (unpaired) electrons. The minimum Gasteiger partial charge on any atom is -0.354 e. The van der Waals surface area contributed by atoms with Crippen molar-refractivity contribution in [2.75, 3.05) is 0 Å². The normalized spacial score (nSPS) is 12.1. The fourth-order valence-corrected chi connectivity index (χ4v) is 6.88. The zero-order valence-corrected chi connectivity index (χ0v) is 29.2. The summed E-state index contributed by atoms with van der Waals surface area (Å²) in [6, 6.07) is 25.0. The molecule has 0 atom stereocenters. The number of nitrogens with one attached hydrogen (secondary N) is 2. The number of aryl methyl sites for hydroxylation is 4. The zero-order valence-electron chi connectivity index (χ0n) is 29.2. The first kappa shape index (κ1) is 31.2. The summed E-state index contributed by atoms with van der Waals surface area (Å²) in [7, 11) is 0. The highest BCUT2D eigenvalue weighted by molar-refractivity contribution is 5.99. The molecule has 0 saturated carbocycles. The number of rotatable bonds is 4. The lowest BCUT2D eigenvalue weighted by atomic mass is 10.1. The molecule has 0 unspecified atom stereocenters. The van der Waals surface area contributed by atoms with E-state index in [9.17, 15) is 0 Å². The van der Waals surface area contributed by atoms with Crippen LogP contribution in [0.25, 0.3) is 90.9 Å².